The Kier molecular flexibility index (Phi) is 6.22. The largest absolute Gasteiger partial charge is 0.493 e. The first-order chi connectivity index (χ1) is 16.9. The summed E-state index contributed by atoms with van der Waals surface area (Å²) in [5.74, 6) is 0.168. The van der Waals surface area contributed by atoms with E-state index >= 15 is 0 Å². The fourth-order valence-corrected chi connectivity index (χ4v) is 4.74. The summed E-state index contributed by atoms with van der Waals surface area (Å²) in [5, 5.41) is 0.570. The van der Waals surface area contributed by atoms with Crippen molar-refractivity contribution in [1.82, 2.24) is 0 Å². The van der Waals surface area contributed by atoms with Crippen molar-refractivity contribution in [2.45, 2.75) is 25.9 Å². The molecule has 3 aromatic rings. The molecule has 0 bridgehead atoms. The normalized spacial score (nSPS) is 17.3. The van der Waals surface area contributed by atoms with Crippen molar-refractivity contribution >= 4 is 29.2 Å². The summed E-state index contributed by atoms with van der Waals surface area (Å²) in [5.41, 5.74) is 4.73. The molecule has 2 aliphatic heterocycles. The first-order valence-electron chi connectivity index (χ1n) is 11.3. The van der Waals surface area contributed by atoms with Crippen LogP contribution >= 0.6 is 11.6 Å². The van der Waals surface area contributed by atoms with E-state index in [4.69, 9.17) is 25.8 Å². The van der Waals surface area contributed by atoms with Crippen molar-refractivity contribution in [2.24, 2.45) is 0 Å². The van der Waals surface area contributed by atoms with Crippen molar-refractivity contribution in [2.75, 3.05) is 18.6 Å². The molecular formula is C28H24ClNO5. The number of carbonyl (C=O) groups is 2. The SMILES string of the molecule is COc1cc(C2CC(=O)N(c3ccc(Cl)cc3)C3=C2C(=O)OC3)ccc1OCc1cccc(C)c1. The van der Waals surface area contributed by atoms with Gasteiger partial charge in [-0.05, 0) is 54.4 Å². The second-order valence-corrected chi connectivity index (χ2v) is 9.02. The number of esters is 1. The molecule has 2 aliphatic rings. The van der Waals surface area contributed by atoms with E-state index in [2.05, 4.69) is 6.07 Å². The van der Waals surface area contributed by atoms with Crippen LogP contribution in [-0.4, -0.2) is 25.6 Å². The number of halogens is 1. The van der Waals surface area contributed by atoms with Crippen molar-refractivity contribution < 1.29 is 23.8 Å². The third-order valence-electron chi connectivity index (χ3n) is 6.27. The van der Waals surface area contributed by atoms with E-state index in [1.54, 1.807) is 36.3 Å². The highest BCUT2D eigenvalue weighted by Gasteiger charge is 2.43. The molecular weight excluding hydrogens is 466 g/mol. The fraction of sp³-hybridized carbons (Fsp3) is 0.214. The van der Waals surface area contributed by atoms with E-state index in [1.807, 2.05) is 43.3 Å². The van der Waals surface area contributed by atoms with Gasteiger partial charge in [-0.2, -0.15) is 0 Å². The summed E-state index contributed by atoms with van der Waals surface area (Å²) in [7, 11) is 1.57. The number of amides is 1. The zero-order chi connectivity index (χ0) is 24.5. The Morgan fingerprint density at radius 2 is 1.83 bits per heavy atom. The van der Waals surface area contributed by atoms with Gasteiger partial charge in [0.25, 0.3) is 0 Å². The quantitative estimate of drug-likeness (QED) is 0.424. The van der Waals surface area contributed by atoms with E-state index in [0.29, 0.717) is 40.1 Å². The van der Waals surface area contributed by atoms with Crippen LogP contribution in [-0.2, 0) is 20.9 Å². The van der Waals surface area contributed by atoms with Crippen LogP contribution in [0.4, 0.5) is 5.69 Å². The van der Waals surface area contributed by atoms with E-state index in [0.717, 1.165) is 16.7 Å². The van der Waals surface area contributed by atoms with Crippen molar-refractivity contribution in [3.63, 3.8) is 0 Å². The average molecular weight is 490 g/mol. The second kappa shape index (κ2) is 9.47. The maximum Gasteiger partial charge on any atom is 0.336 e. The molecule has 1 amide bonds. The van der Waals surface area contributed by atoms with Gasteiger partial charge in [-0.25, -0.2) is 4.79 Å². The molecule has 0 saturated heterocycles. The van der Waals surface area contributed by atoms with Gasteiger partial charge in [0, 0.05) is 23.0 Å². The summed E-state index contributed by atoms with van der Waals surface area (Å²) in [4.78, 5) is 27.6. The number of nitrogens with zero attached hydrogens (tertiary/aromatic N) is 1. The Morgan fingerprint density at radius 1 is 1.03 bits per heavy atom. The lowest BCUT2D eigenvalue weighted by Gasteiger charge is -2.32. The predicted molar refractivity (Wildman–Crippen MR) is 133 cm³/mol. The molecule has 178 valence electrons. The minimum atomic E-state index is -0.434. The molecule has 0 aromatic heterocycles. The molecule has 0 fully saturated rings. The monoisotopic (exact) mass is 489 g/mol. The van der Waals surface area contributed by atoms with Gasteiger partial charge in [-0.15, -0.1) is 0 Å². The van der Waals surface area contributed by atoms with Gasteiger partial charge in [0.05, 0.1) is 18.4 Å². The minimum Gasteiger partial charge on any atom is -0.493 e. The number of ether oxygens (including phenoxy) is 3. The average Bonchev–Trinajstić information content (AvgIpc) is 3.24. The molecule has 1 unspecified atom stereocenters. The van der Waals surface area contributed by atoms with Gasteiger partial charge in [0.2, 0.25) is 5.91 Å². The fourth-order valence-electron chi connectivity index (χ4n) is 4.61. The summed E-state index contributed by atoms with van der Waals surface area (Å²) in [6, 6.07) is 20.6. The number of anilines is 1. The van der Waals surface area contributed by atoms with Crippen LogP contribution in [0, 0.1) is 6.92 Å². The number of hydrogen-bond donors (Lipinski definition) is 0. The lowest BCUT2D eigenvalue weighted by molar-refractivity contribution is -0.136. The van der Waals surface area contributed by atoms with Gasteiger partial charge in [0.15, 0.2) is 11.5 Å². The molecule has 1 atom stereocenters. The Morgan fingerprint density at radius 3 is 2.57 bits per heavy atom. The maximum absolute atomic E-state index is 13.3. The number of methoxy groups -OCH3 is 1. The Hall–Kier alpha value is -3.77. The number of cyclic esters (lactones) is 1. The number of benzene rings is 3. The Balaban J connectivity index is 1.45. The van der Waals surface area contributed by atoms with Crippen LogP contribution in [0.25, 0.3) is 0 Å². The van der Waals surface area contributed by atoms with Crippen LogP contribution in [0.1, 0.15) is 29.0 Å². The topological polar surface area (TPSA) is 65.1 Å². The van der Waals surface area contributed by atoms with Crippen LogP contribution in [0.15, 0.2) is 78.0 Å². The zero-order valence-corrected chi connectivity index (χ0v) is 20.2. The number of rotatable bonds is 6. The number of aryl methyl sites for hydroxylation is 1. The van der Waals surface area contributed by atoms with Crippen LogP contribution in [0.2, 0.25) is 5.02 Å². The van der Waals surface area contributed by atoms with E-state index in [1.165, 1.54) is 0 Å². The zero-order valence-electron chi connectivity index (χ0n) is 19.4. The predicted octanol–water partition coefficient (Wildman–Crippen LogP) is 5.57. The smallest absolute Gasteiger partial charge is 0.336 e. The minimum absolute atomic E-state index is 0.0495. The highest BCUT2D eigenvalue weighted by atomic mass is 35.5. The van der Waals surface area contributed by atoms with Crippen molar-refractivity contribution in [1.29, 1.82) is 0 Å². The molecule has 5 rings (SSSR count). The highest BCUT2D eigenvalue weighted by Crippen LogP contribution is 2.43. The summed E-state index contributed by atoms with van der Waals surface area (Å²) >= 11 is 6.01. The van der Waals surface area contributed by atoms with E-state index in [-0.39, 0.29) is 18.9 Å². The van der Waals surface area contributed by atoms with Gasteiger partial charge in [0.1, 0.15) is 13.2 Å². The first-order valence-corrected chi connectivity index (χ1v) is 11.7. The molecule has 0 saturated carbocycles. The molecule has 3 aromatic carbocycles. The van der Waals surface area contributed by atoms with Crippen molar-refractivity contribution in [3.05, 3.63) is 99.7 Å². The third kappa shape index (κ3) is 4.49. The lowest BCUT2D eigenvalue weighted by Crippen LogP contribution is -2.37. The van der Waals surface area contributed by atoms with Crippen LogP contribution in [0.3, 0.4) is 0 Å². The maximum atomic E-state index is 13.3. The third-order valence-corrected chi connectivity index (χ3v) is 6.52. The number of carbonyl (C=O) groups excluding carboxylic acids is 2. The molecule has 7 heteroatoms. The summed E-state index contributed by atoms with van der Waals surface area (Å²) < 4.78 is 17.0. The van der Waals surface area contributed by atoms with Gasteiger partial charge in [-0.3, -0.25) is 9.69 Å². The Labute approximate surface area is 208 Å². The van der Waals surface area contributed by atoms with Crippen LogP contribution < -0.4 is 14.4 Å². The molecule has 2 heterocycles. The molecule has 0 radical (unpaired) electrons. The van der Waals surface area contributed by atoms with E-state index < -0.39 is 11.9 Å². The molecule has 35 heavy (non-hydrogen) atoms. The molecule has 6 nitrogen and oxygen atoms in total. The van der Waals surface area contributed by atoms with E-state index in [9.17, 15) is 9.59 Å². The van der Waals surface area contributed by atoms with Gasteiger partial charge >= 0.3 is 5.97 Å². The molecule has 0 N–H and O–H groups in total. The lowest BCUT2D eigenvalue weighted by atomic mass is 9.84. The Bertz CT molecular complexity index is 1330. The highest BCUT2D eigenvalue weighted by molar-refractivity contribution is 6.30. The first kappa shape index (κ1) is 23.0. The van der Waals surface area contributed by atoms with Crippen LogP contribution in [0.5, 0.6) is 11.5 Å². The van der Waals surface area contributed by atoms with Crippen molar-refractivity contribution in [3.8, 4) is 11.5 Å². The van der Waals surface area contributed by atoms with Gasteiger partial charge < -0.3 is 14.2 Å². The van der Waals surface area contributed by atoms with Gasteiger partial charge in [-0.1, -0.05) is 47.5 Å². The number of hydrogen-bond acceptors (Lipinski definition) is 5. The molecule has 0 aliphatic carbocycles. The summed E-state index contributed by atoms with van der Waals surface area (Å²) in [6.07, 6.45) is 0.128. The second-order valence-electron chi connectivity index (χ2n) is 8.59. The molecule has 0 spiro atoms. The standard InChI is InChI=1S/C28H24ClNO5/c1-17-4-3-5-18(12-17)15-34-24-11-6-19(13-25(24)33-2)22-14-26(31)30(21-9-7-20(29)8-10-21)23-16-35-28(32)27(22)23/h3-13,22H,14-16H2,1-2H3. The summed E-state index contributed by atoms with van der Waals surface area (Å²) in [6.45, 7) is 2.49.